The number of carbonyl (C=O) groups is 1. The van der Waals surface area contributed by atoms with Gasteiger partial charge in [0.15, 0.2) is 5.82 Å². The lowest BCUT2D eigenvalue weighted by Crippen LogP contribution is -2.33. The Balaban J connectivity index is 1.57. The normalized spacial score (nSPS) is 24.0. The Kier molecular flexibility index (Phi) is 4.47. The molecule has 124 valence electrons. The zero-order chi connectivity index (χ0) is 16.4. The summed E-state index contributed by atoms with van der Waals surface area (Å²) in [7, 11) is 1.84. The number of H-pyrrole nitrogens is 1. The number of aliphatic hydroxyl groups is 1. The number of aliphatic hydroxyl groups excluding tert-OH is 1. The molecule has 0 spiro atoms. The molecule has 0 unspecified atom stereocenters. The molecule has 3 N–H and O–H groups in total. The first-order valence-corrected chi connectivity index (χ1v) is 8.07. The summed E-state index contributed by atoms with van der Waals surface area (Å²) >= 11 is 0. The smallest absolute Gasteiger partial charge is 0.267 e. The number of aryl methyl sites for hydroxylation is 2. The maximum absolute atomic E-state index is 12.1. The molecule has 0 saturated heterocycles. The van der Waals surface area contributed by atoms with Gasteiger partial charge in [0.1, 0.15) is 11.5 Å². The van der Waals surface area contributed by atoms with E-state index in [0.717, 1.165) is 24.5 Å². The van der Waals surface area contributed by atoms with Crippen LogP contribution in [0.3, 0.4) is 0 Å². The van der Waals surface area contributed by atoms with Crippen LogP contribution in [0.5, 0.6) is 0 Å². The van der Waals surface area contributed by atoms with E-state index in [2.05, 4.69) is 20.5 Å². The highest BCUT2D eigenvalue weighted by atomic mass is 16.3. The van der Waals surface area contributed by atoms with E-state index in [4.69, 9.17) is 0 Å². The highest BCUT2D eigenvalue weighted by molar-refractivity contribution is 5.92. The fourth-order valence-electron chi connectivity index (χ4n) is 3.20. The first-order chi connectivity index (χ1) is 11.1. The van der Waals surface area contributed by atoms with Crippen molar-refractivity contribution in [2.45, 2.75) is 38.2 Å². The Bertz CT molecular complexity index is 678. The van der Waals surface area contributed by atoms with Gasteiger partial charge in [-0.15, -0.1) is 0 Å². The van der Waals surface area contributed by atoms with E-state index in [1.165, 1.54) is 0 Å². The van der Waals surface area contributed by atoms with Crippen LogP contribution in [0.25, 0.3) is 0 Å². The summed E-state index contributed by atoms with van der Waals surface area (Å²) in [6.45, 7) is 2.49. The van der Waals surface area contributed by atoms with Gasteiger partial charge in [-0.2, -0.15) is 5.10 Å². The molecule has 1 aliphatic rings. The maximum atomic E-state index is 12.1. The molecule has 2 aromatic heterocycles. The van der Waals surface area contributed by atoms with Crippen LogP contribution in [-0.4, -0.2) is 43.4 Å². The lowest BCUT2D eigenvalue weighted by molar-refractivity contribution is 0.0909. The monoisotopic (exact) mass is 317 g/mol. The second-order valence-electron chi connectivity index (χ2n) is 6.20. The molecular formula is C16H23N5O2. The molecule has 2 heterocycles. The Morgan fingerprint density at radius 2 is 2.35 bits per heavy atom. The van der Waals surface area contributed by atoms with E-state index >= 15 is 0 Å². The minimum Gasteiger partial charge on any atom is -0.393 e. The molecule has 0 bridgehead atoms. The van der Waals surface area contributed by atoms with Gasteiger partial charge < -0.3 is 15.0 Å². The second-order valence-corrected chi connectivity index (χ2v) is 6.20. The highest BCUT2D eigenvalue weighted by Crippen LogP contribution is 2.36. The molecule has 3 rings (SSSR count). The standard InChI is InChI=1S/C16H23N5O2/c1-3-14-18-15(20-19-14)10-7-11(13(22)8-10)9-17-16(23)12-5-4-6-21(12)2/h4-6,10-11,13,22H,3,7-9H2,1-2H3,(H,17,23)(H,18,19,20)/t10-,11+,13+/m0/s1. The zero-order valence-electron chi connectivity index (χ0n) is 13.5. The van der Waals surface area contributed by atoms with Crippen molar-refractivity contribution in [2.75, 3.05) is 6.54 Å². The summed E-state index contributed by atoms with van der Waals surface area (Å²) in [4.78, 5) is 16.6. The third-order valence-electron chi connectivity index (χ3n) is 4.61. The van der Waals surface area contributed by atoms with Gasteiger partial charge in [-0.05, 0) is 25.0 Å². The average Bonchev–Trinajstić information content (AvgIpc) is 3.24. The molecule has 0 radical (unpaired) electrons. The van der Waals surface area contributed by atoms with Crippen molar-refractivity contribution in [1.82, 2.24) is 25.1 Å². The van der Waals surface area contributed by atoms with Crippen LogP contribution in [0.4, 0.5) is 0 Å². The van der Waals surface area contributed by atoms with Gasteiger partial charge in [0, 0.05) is 38.0 Å². The summed E-state index contributed by atoms with van der Waals surface area (Å²) in [6.07, 6.45) is 3.65. The molecular weight excluding hydrogens is 294 g/mol. The van der Waals surface area contributed by atoms with Crippen LogP contribution >= 0.6 is 0 Å². The summed E-state index contributed by atoms with van der Waals surface area (Å²) in [5.74, 6) is 1.72. The second kappa shape index (κ2) is 6.54. The van der Waals surface area contributed by atoms with Crippen molar-refractivity contribution in [3.63, 3.8) is 0 Å². The van der Waals surface area contributed by atoms with Crippen molar-refractivity contribution in [1.29, 1.82) is 0 Å². The fourth-order valence-corrected chi connectivity index (χ4v) is 3.20. The Morgan fingerprint density at radius 1 is 1.52 bits per heavy atom. The molecule has 2 aromatic rings. The number of nitrogens with one attached hydrogen (secondary N) is 2. The predicted molar refractivity (Wildman–Crippen MR) is 85.0 cm³/mol. The fraction of sp³-hybridized carbons (Fsp3) is 0.562. The SMILES string of the molecule is CCc1nc([C@H]2C[C@H](CNC(=O)c3cccn3C)[C@H](O)C2)n[nH]1. The number of nitrogens with zero attached hydrogens (tertiary/aromatic N) is 3. The molecule has 23 heavy (non-hydrogen) atoms. The summed E-state index contributed by atoms with van der Waals surface area (Å²) < 4.78 is 1.78. The van der Waals surface area contributed by atoms with Crippen molar-refractivity contribution in [3.05, 3.63) is 35.7 Å². The number of rotatable bonds is 5. The first kappa shape index (κ1) is 15.7. The van der Waals surface area contributed by atoms with E-state index in [-0.39, 0.29) is 17.7 Å². The van der Waals surface area contributed by atoms with Crippen LogP contribution in [0.15, 0.2) is 18.3 Å². The predicted octanol–water partition coefficient (Wildman–Crippen LogP) is 0.990. The minimum atomic E-state index is -0.433. The maximum Gasteiger partial charge on any atom is 0.267 e. The molecule has 1 fully saturated rings. The Hall–Kier alpha value is -2.15. The van der Waals surface area contributed by atoms with Gasteiger partial charge in [-0.3, -0.25) is 9.89 Å². The Morgan fingerprint density at radius 3 is 3.00 bits per heavy atom. The molecule has 1 aliphatic carbocycles. The quantitative estimate of drug-likeness (QED) is 0.766. The number of aromatic amines is 1. The molecule has 7 heteroatoms. The van der Waals surface area contributed by atoms with Gasteiger partial charge in [0.2, 0.25) is 0 Å². The number of aromatic nitrogens is 4. The van der Waals surface area contributed by atoms with Crippen LogP contribution < -0.4 is 5.32 Å². The average molecular weight is 317 g/mol. The first-order valence-electron chi connectivity index (χ1n) is 8.07. The van der Waals surface area contributed by atoms with Crippen LogP contribution in [-0.2, 0) is 13.5 Å². The number of carbonyl (C=O) groups excluding carboxylic acids is 1. The molecule has 3 atom stereocenters. The van der Waals surface area contributed by atoms with E-state index in [1.807, 2.05) is 26.2 Å². The summed E-state index contributed by atoms with van der Waals surface area (Å²) in [6, 6.07) is 3.62. The highest BCUT2D eigenvalue weighted by Gasteiger charge is 2.36. The van der Waals surface area contributed by atoms with Crippen LogP contribution in [0.2, 0.25) is 0 Å². The van der Waals surface area contributed by atoms with Crippen LogP contribution in [0, 0.1) is 5.92 Å². The minimum absolute atomic E-state index is 0.0350. The third kappa shape index (κ3) is 3.29. The van der Waals surface area contributed by atoms with Crippen molar-refractivity contribution in [3.8, 4) is 0 Å². The van der Waals surface area contributed by atoms with Crippen molar-refractivity contribution in [2.24, 2.45) is 13.0 Å². The lowest BCUT2D eigenvalue weighted by Gasteiger charge is -2.15. The lowest BCUT2D eigenvalue weighted by atomic mass is 10.0. The third-order valence-corrected chi connectivity index (χ3v) is 4.61. The molecule has 7 nitrogen and oxygen atoms in total. The molecule has 1 amide bonds. The molecule has 0 aliphatic heterocycles. The van der Waals surface area contributed by atoms with Gasteiger partial charge in [-0.1, -0.05) is 6.92 Å². The number of hydrogen-bond donors (Lipinski definition) is 3. The van der Waals surface area contributed by atoms with E-state index in [0.29, 0.717) is 18.7 Å². The Labute approximate surface area is 135 Å². The number of amides is 1. The van der Waals surface area contributed by atoms with E-state index < -0.39 is 6.10 Å². The van der Waals surface area contributed by atoms with Gasteiger partial charge in [0.05, 0.1) is 6.10 Å². The zero-order valence-corrected chi connectivity index (χ0v) is 13.5. The van der Waals surface area contributed by atoms with Crippen LogP contribution in [0.1, 0.15) is 47.8 Å². The van der Waals surface area contributed by atoms with Gasteiger partial charge in [-0.25, -0.2) is 4.98 Å². The van der Waals surface area contributed by atoms with Crippen molar-refractivity contribution >= 4 is 5.91 Å². The van der Waals surface area contributed by atoms with E-state index in [9.17, 15) is 9.90 Å². The van der Waals surface area contributed by atoms with Crippen molar-refractivity contribution < 1.29 is 9.90 Å². The van der Waals surface area contributed by atoms with Gasteiger partial charge >= 0.3 is 0 Å². The van der Waals surface area contributed by atoms with E-state index in [1.54, 1.807) is 10.6 Å². The largest absolute Gasteiger partial charge is 0.393 e. The molecule has 0 aromatic carbocycles. The number of hydrogen-bond acceptors (Lipinski definition) is 4. The van der Waals surface area contributed by atoms with Gasteiger partial charge in [0.25, 0.3) is 5.91 Å². The summed E-state index contributed by atoms with van der Waals surface area (Å²) in [5, 5.41) is 20.3. The topological polar surface area (TPSA) is 95.8 Å². The molecule has 1 saturated carbocycles. The summed E-state index contributed by atoms with van der Waals surface area (Å²) in [5.41, 5.74) is 0.621.